The van der Waals surface area contributed by atoms with E-state index in [4.69, 9.17) is 10.8 Å². The maximum absolute atomic E-state index is 10.9. The van der Waals surface area contributed by atoms with Gasteiger partial charge in [0.05, 0.1) is 6.42 Å². The Morgan fingerprint density at radius 1 is 1.19 bits per heavy atom. The van der Waals surface area contributed by atoms with E-state index >= 15 is 0 Å². The second kappa shape index (κ2) is 7.25. The third-order valence-corrected chi connectivity index (χ3v) is 2.81. The van der Waals surface area contributed by atoms with E-state index in [0.29, 0.717) is 0 Å². The number of rotatable bonds is 9. The first kappa shape index (κ1) is 14.9. The molecule has 0 rings (SSSR count). The fourth-order valence-electron chi connectivity index (χ4n) is 2.00. The van der Waals surface area contributed by atoms with Crippen LogP contribution in [-0.2, 0) is 9.59 Å². The molecule has 1 amide bonds. The number of amides is 1. The van der Waals surface area contributed by atoms with E-state index in [1.165, 1.54) is 0 Å². The summed E-state index contributed by atoms with van der Waals surface area (Å²) in [5, 5.41) is 8.81. The van der Waals surface area contributed by atoms with E-state index < -0.39 is 17.3 Å². The number of primary amides is 1. The first-order chi connectivity index (χ1) is 7.39. The van der Waals surface area contributed by atoms with Gasteiger partial charge in [0.1, 0.15) is 0 Å². The second-order valence-electron chi connectivity index (χ2n) is 4.83. The van der Waals surface area contributed by atoms with Crippen molar-refractivity contribution in [2.24, 2.45) is 11.1 Å². The summed E-state index contributed by atoms with van der Waals surface area (Å²) in [5.41, 5.74) is 4.67. The van der Waals surface area contributed by atoms with Gasteiger partial charge in [-0.2, -0.15) is 0 Å². The number of carboxylic acid groups (broad SMARTS) is 1. The van der Waals surface area contributed by atoms with Gasteiger partial charge in [-0.3, -0.25) is 9.59 Å². The Hall–Kier alpha value is -1.06. The zero-order valence-corrected chi connectivity index (χ0v) is 10.3. The Labute approximate surface area is 97.2 Å². The number of carbonyl (C=O) groups is 2. The average Bonchev–Trinajstić information content (AvgIpc) is 2.09. The quantitative estimate of drug-likeness (QED) is 0.595. The van der Waals surface area contributed by atoms with E-state index in [-0.39, 0.29) is 12.8 Å². The van der Waals surface area contributed by atoms with Crippen LogP contribution in [0.1, 0.15) is 58.8 Å². The Balaban J connectivity index is 4.18. The first-order valence-corrected chi connectivity index (χ1v) is 5.90. The third-order valence-electron chi connectivity index (χ3n) is 2.81. The van der Waals surface area contributed by atoms with Gasteiger partial charge in [0.25, 0.3) is 0 Å². The van der Waals surface area contributed by atoms with Crippen LogP contribution in [-0.4, -0.2) is 17.0 Å². The molecule has 94 valence electrons. The van der Waals surface area contributed by atoms with Crippen molar-refractivity contribution < 1.29 is 14.7 Å². The highest BCUT2D eigenvalue weighted by molar-refractivity contribution is 5.76. The monoisotopic (exact) mass is 229 g/mol. The van der Waals surface area contributed by atoms with Crippen molar-refractivity contribution >= 4 is 11.9 Å². The topological polar surface area (TPSA) is 80.4 Å². The predicted octanol–water partition coefficient (Wildman–Crippen LogP) is 2.31. The van der Waals surface area contributed by atoms with Gasteiger partial charge in [-0.1, -0.05) is 39.5 Å². The minimum absolute atomic E-state index is 0.0159. The van der Waals surface area contributed by atoms with Gasteiger partial charge < -0.3 is 10.8 Å². The van der Waals surface area contributed by atoms with E-state index in [2.05, 4.69) is 6.92 Å². The number of aliphatic carboxylic acids is 1. The van der Waals surface area contributed by atoms with Gasteiger partial charge in [0, 0.05) is 6.42 Å². The number of nitrogens with two attached hydrogens (primary N) is 1. The molecule has 0 aromatic heterocycles. The molecule has 0 aliphatic heterocycles. The molecule has 0 unspecified atom stereocenters. The van der Waals surface area contributed by atoms with E-state index in [1.54, 1.807) is 0 Å². The minimum Gasteiger partial charge on any atom is -0.481 e. The average molecular weight is 229 g/mol. The van der Waals surface area contributed by atoms with Crippen LogP contribution in [0, 0.1) is 5.41 Å². The maximum atomic E-state index is 10.9. The van der Waals surface area contributed by atoms with Crippen molar-refractivity contribution in [3.05, 3.63) is 0 Å². The second-order valence-corrected chi connectivity index (χ2v) is 4.83. The lowest BCUT2D eigenvalue weighted by molar-refractivity contribution is -0.140. The van der Waals surface area contributed by atoms with Crippen molar-refractivity contribution in [2.75, 3.05) is 0 Å². The molecule has 0 aliphatic rings. The number of unbranched alkanes of at least 4 members (excludes halogenated alkanes) is 3. The van der Waals surface area contributed by atoms with Crippen LogP contribution in [0.15, 0.2) is 0 Å². The Kier molecular flexibility index (Phi) is 6.77. The van der Waals surface area contributed by atoms with Gasteiger partial charge in [0.2, 0.25) is 5.91 Å². The summed E-state index contributed by atoms with van der Waals surface area (Å²) in [6.07, 6.45) is 5.27. The number of carbonyl (C=O) groups excluding carboxylic acids is 1. The van der Waals surface area contributed by atoms with Crippen molar-refractivity contribution in [1.82, 2.24) is 0 Å². The van der Waals surface area contributed by atoms with E-state index in [1.807, 2.05) is 6.92 Å². The van der Waals surface area contributed by atoms with Crippen LogP contribution < -0.4 is 5.73 Å². The minimum atomic E-state index is -0.862. The zero-order valence-electron chi connectivity index (χ0n) is 10.3. The molecule has 16 heavy (non-hydrogen) atoms. The molecule has 1 atom stereocenters. The molecule has 0 aromatic carbocycles. The normalized spacial score (nSPS) is 14.4. The van der Waals surface area contributed by atoms with Gasteiger partial charge in [-0.25, -0.2) is 0 Å². The molecule has 0 fully saturated rings. The standard InChI is InChI=1S/C12H23NO3/c1-3-4-5-6-7-12(2,8-10(13)14)9-11(15)16/h3-9H2,1-2H3,(H2,13,14)(H,15,16)/t12-/m0/s1. The SMILES string of the molecule is CCCCCC[C@@](C)(CC(N)=O)CC(=O)O. The Morgan fingerprint density at radius 3 is 2.25 bits per heavy atom. The van der Waals surface area contributed by atoms with Gasteiger partial charge in [-0.15, -0.1) is 0 Å². The molecule has 3 N–H and O–H groups in total. The highest BCUT2D eigenvalue weighted by Crippen LogP contribution is 2.32. The molecule has 0 radical (unpaired) electrons. The molecule has 0 saturated carbocycles. The molecule has 0 heterocycles. The lowest BCUT2D eigenvalue weighted by Gasteiger charge is -2.26. The lowest BCUT2D eigenvalue weighted by atomic mass is 9.78. The van der Waals surface area contributed by atoms with Crippen LogP contribution in [0.2, 0.25) is 0 Å². The highest BCUT2D eigenvalue weighted by Gasteiger charge is 2.28. The van der Waals surface area contributed by atoms with E-state index in [0.717, 1.165) is 32.1 Å². The summed E-state index contributed by atoms with van der Waals surface area (Å²) < 4.78 is 0. The number of hydrogen-bond acceptors (Lipinski definition) is 2. The van der Waals surface area contributed by atoms with Crippen molar-refractivity contribution in [3.63, 3.8) is 0 Å². The molecule has 0 aromatic rings. The molecular weight excluding hydrogens is 206 g/mol. The van der Waals surface area contributed by atoms with Crippen LogP contribution in [0.4, 0.5) is 0 Å². The maximum Gasteiger partial charge on any atom is 0.303 e. The number of carboxylic acids is 1. The summed E-state index contributed by atoms with van der Waals surface area (Å²) in [6, 6.07) is 0. The number of hydrogen-bond donors (Lipinski definition) is 2. The third kappa shape index (κ3) is 7.26. The molecule has 0 aliphatic carbocycles. The first-order valence-electron chi connectivity index (χ1n) is 5.90. The van der Waals surface area contributed by atoms with Crippen molar-refractivity contribution in [2.45, 2.75) is 58.8 Å². The summed E-state index contributed by atoms with van der Waals surface area (Å²) >= 11 is 0. The van der Waals surface area contributed by atoms with Crippen molar-refractivity contribution in [1.29, 1.82) is 0 Å². The molecular formula is C12H23NO3. The van der Waals surface area contributed by atoms with E-state index in [9.17, 15) is 9.59 Å². The van der Waals surface area contributed by atoms with Gasteiger partial charge in [-0.05, 0) is 11.8 Å². The molecule has 4 nitrogen and oxygen atoms in total. The summed E-state index contributed by atoms with van der Waals surface area (Å²) in [7, 11) is 0. The molecule has 0 spiro atoms. The smallest absolute Gasteiger partial charge is 0.303 e. The zero-order chi connectivity index (χ0) is 12.6. The van der Waals surface area contributed by atoms with Crippen LogP contribution in [0.3, 0.4) is 0 Å². The van der Waals surface area contributed by atoms with Crippen molar-refractivity contribution in [3.8, 4) is 0 Å². The molecule has 0 bridgehead atoms. The summed E-state index contributed by atoms with van der Waals surface area (Å²) in [6.45, 7) is 3.96. The van der Waals surface area contributed by atoms with Crippen LogP contribution in [0.5, 0.6) is 0 Å². The lowest BCUT2D eigenvalue weighted by Crippen LogP contribution is -2.28. The van der Waals surface area contributed by atoms with Crippen LogP contribution in [0.25, 0.3) is 0 Å². The van der Waals surface area contributed by atoms with Gasteiger partial charge >= 0.3 is 5.97 Å². The molecule has 0 saturated heterocycles. The Morgan fingerprint density at radius 2 is 1.81 bits per heavy atom. The fraction of sp³-hybridized carbons (Fsp3) is 0.833. The Bertz CT molecular complexity index is 222. The summed E-state index contributed by atoms with van der Waals surface area (Å²) in [5.74, 6) is -1.28. The highest BCUT2D eigenvalue weighted by atomic mass is 16.4. The fourth-order valence-corrected chi connectivity index (χ4v) is 2.00. The predicted molar refractivity (Wildman–Crippen MR) is 62.9 cm³/mol. The van der Waals surface area contributed by atoms with Crippen LogP contribution >= 0.6 is 0 Å². The summed E-state index contributed by atoms with van der Waals surface area (Å²) in [4.78, 5) is 21.6. The molecule has 4 heteroatoms. The van der Waals surface area contributed by atoms with Gasteiger partial charge in [0.15, 0.2) is 0 Å². The largest absolute Gasteiger partial charge is 0.481 e.